The Hall–Kier alpha value is -1.40. The largest absolute Gasteiger partial charge is 0.476 e. The lowest BCUT2D eigenvalue weighted by molar-refractivity contribution is 0.0685. The van der Waals surface area contributed by atoms with Gasteiger partial charge in [-0.3, -0.25) is 0 Å². The smallest absolute Gasteiger partial charge is 0.358 e. The van der Waals surface area contributed by atoms with Crippen LogP contribution in [0, 0.1) is 0 Å². The summed E-state index contributed by atoms with van der Waals surface area (Å²) in [6.45, 7) is 3.33. The molecule has 2 rings (SSSR count). The number of aromatic nitrogens is 1. The Bertz CT molecular complexity index is 385. The lowest BCUT2D eigenvalue weighted by atomic mass is 10.1. The van der Waals surface area contributed by atoms with E-state index in [4.69, 9.17) is 14.4 Å². The highest BCUT2D eigenvalue weighted by molar-refractivity contribution is 5.85. The molecule has 0 aliphatic carbocycles. The highest BCUT2D eigenvalue weighted by Gasteiger charge is 2.22. The molecule has 1 fully saturated rings. The zero-order chi connectivity index (χ0) is 12.3. The zero-order valence-electron chi connectivity index (χ0n) is 9.68. The number of hydrogen-bond donors (Lipinski definition) is 2. The molecule has 6 heteroatoms. The molecule has 6 nitrogen and oxygen atoms in total. The van der Waals surface area contributed by atoms with Gasteiger partial charge in [0, 0.05) is 18.7 Å². The van der Waals surface area contributed by atoms with Crippen LogP contribution in [0.1, 0.15) is 36.0 Å². The molecular formula is C11H16N2O4. The van der Waals surface area contributed by atoms with E-state index in [0.717, 1.165) is 19.4 Å². The maximum atomic E-state index is 10.6. The Morgan fingerprint density at radius 2 is 2.59 bits per heavy atom. The van der Waals surface area contributed by atoms with Crippen LogP contribution in [0.15, 0.2) is 10.6 Å². The highest BCUT2D eigenvalue weighted by Crippen LogP contribution is 2.15. The minimum atomic E-state index is -1.08. The van der Waals surface area contributed by atoms with Crippen LogP contribution in [0.4, 0.5) is 0 Å². The Labute approximate surface area is 98.9 Å². The van der Waals surface area contributed by atoms with Gasteiger partial charge in [0.05, 0.1) is 12.6 Å². The van der Waals surface area contributed by atoms with Crippen molar-refractivity contribution in [3.63, 3.8) is 0 Å². The molecule has 1 aromatic rings. The summed E-state index contributed by atoms with van der Waals surface area (Å²) in [5.74, 6) is -0.556. The van der Waals surface area contributed by atoms with Crippen LogP contribution in [0.25, 0.3) is 0 Å². The summed E-state index contributed by atoms with van der Waals surface area (Å²) in [6, 6.07) is 1.65. The molecule has 1 aliphatic rings. The molecule has 1 aromatic heterocycles. The summed E-state index contributed by atoms with van der Waals surface area (Å²) in [6.07, 6.45) is 2.39. The second-order valence-corrected chi connectivity index (χ2v) is 4.20. The summed E-state index contributed by atoms with van der Waals surface area (Å²) in [5, 5.41) is 15.4. The topological polar surface area (TPSA) is 84.6 Å². The van der Waals surface area contributed by atoms with Gasteiger partial charge in [-0.1, -0.05) is 5.16 Å². The summed E-state index contributed by atoms with van der Waals surface area (Å²) < 4.78 is 10.4. The molecule has 0 amide bonds. The molecule has 17 heavy (non-hydrogen) atoms. The van der Waals surface area contributed by atoms with Gasteiger partial charge in [0.15, 0.2) is 11.5 Å². The van der Waals surface area contributed by atoms with Gasteiger partial charge in [0.1, 0.15) is 0 Å². The number of nitrogens with zero attached hydrogens (tertiary/aromatic N) is 1. The third-order valence-electron chi connectivity index (χ3n) is 2.90. The molecule has 0 spiro atoms. The molecule has 0 saturated carbocycles. The number of nitrogens with one attached hydrogen (secondary N) is 1. The maximum absolute atomic E-state index is 10.6. The summed E-state index contributed by atoms with van der Waals surface area (Å²) >= 11 is 0. The van der Waals surface area contributed by atoms with Crippen molar-refractivity contribution < 1.29 is 19.2 Å². The minimum absolute atomic E-state index is 0.0634. The number of carboxylic acid groups (broad SMARTS) is 1. The second-order valence-electron chi connectivity index (χ2n) is 4.20. The van der Waals surface area contributed by atoms with Crippen LogP contribution in [-0.2, 0) is 11.3 Å². The van der Waals surface area contributed by atoms with Gasteiger partial charge < -0.3 is 19.7 Å². The van der Waals surface area contributed by atoms with Gasteiger partial charge in [-0.05, 0) is 19.8 Å². The monoisotopic (exact) mass is 240 g/mol. The zero-order valence-corrected chi connectivity index (χ0v) is 9.68. The van der Waals surface area contributed by atoms with Gasteiger partial charge >= 0.3 is 5.97 Å². The van der Waals surface area contributed by atoms with E-state index in [0.29, 0.717) is 12.3 Å². The van der Waals surface area contributed by atoms with Crippen molar-refractivity contribution >= 4 is 5.97 Å². The molecule has 1 saturated heterocycles. The predicted octanol–water partition coefficient (Wildman–Crippen LogP) is 1.03. The molecule has 2 unspecified atom stereocenters. The molecule has 2 heterocycles. The second kappa shape index (κ2) is 5.29. The highest BCUT2D eigenvalue weighted by atomic mass is 16.5. The fraction of sp³-hybridized carbons (Fsp3) is 0.636. The van der Waals surface area contributed by atoms with Crippen molar-refractivity contribution in [3.8, 4) is 0 Å². The van der Waals surface area contributed by atoms with E-state index in [2.05, 4.69) is 10.5 Å². The van der Waals surface area contributed by atoms with Crippen LogP contribution in [0.3, 0.4) is 0 Å². The number of aromatic carboxylic acids is 1. The predicted molar refractivity (Wildman–Crippen MR) is 58.7 cm³/mol. The van der Waals surface area contributed by atoms with Crippen LogP contribution < -0.4 is 5.32 Å². The van der Waals surface area contributed by atoms with E-state index in [1.165, 1.54) is 6.07 Å². The minimum Gasteiger partial charge on any atom is -0.476 e. The fourth-order valence-corrected chi connectivity index (χ4v) is 1.89. The lowest BCUT2D eigenvalue weighted by Gasteiger charge is -2.19. The van der Waals surface area contributed by atoms with E-state index in [-0.39, 0.29) is 17.8 Å². The molecule has 2 N–H and O–H groups in total. The first-order chi connectivity index (χ1) is 8.16. The average molecular weight is 240 g/mol. The van der Waals surface area contributed by atoms with Gasteiger partial charge in [0.2, 0.25) is 0 Å². The van der Waals surface area contributed by atoms with Gasteiger partial charge in [-0.25, -0.2) is 4.79 Å². The molecule has 1 aliphatic heterocycles. The van der Waals surface area contributed by atoms with E-state index < -0.39 is 5.97 Å². The Balaban J connectivity index is 1.82. The normalized spacial score (nSPS) is 21.6. The Kier molecular flexibility index (Phi) is 3.75. The number of carboxylic acids is 1. The van der Waals surface area contributed by atoms with Gasteiger partial charge in [0.25, 0.3) is 0 Å². The average Bonchev–Trinajstić information content (AvgIpc) is 2.97. The first-order valence-corrected chi connectivity index (χ1v) is 5.70. The van der Waals surface area contributed by atoms with Crippen LogP contribution >= 0.6 is 0 Å². The van der Waals surface area contributed by atoms with Gasteiger partial charge in [-0.15, -0.1) is 0 Å². The van der Waals surface area contributed by atoms with Crippen molar-refractivity contribution in [3.05, 3.63) is 17.5 Å². The van der Waals surface area contributed by atoms with Crippen molar-refractivity contribution in [2.75, 3.05) is 6.61 Å². The standard InChI is InChI=1S/C11H16N2O4/c1-7(10-3-2-4-16-10)12-6-8-5-9(11(14)15)13-17-8/h5,7,10,12H,2-4,6H2,1H3,(H,14,15). The third-order valence-corrected chi connectivity index (χ3v) is 2.90. The quantitative estimate of drug-likeness (QED) is 0.799. The summed E-state index contributed by atoms with van der Waals surface area (Å²) in [5.41, 5.74) is -0.0634. The molecule has 0 aromatic carbocycles. The SMILES string of the molecule is CC(NCc1cc(C(=O)O)no1)C1CCCO1. The van der Waals surface area contributed by atoms with Crippen molar-refractivity contribution in [2.24, 2.45) is 0 Å². The number of rotatable bonds is 5. The maximum Gasteiger partial charge on any atom is 0.358 e. The van der Waals surface area contributed by atoms with E-state index >= 15 is 0 Å². The lowest BCUT2D eigenvalue weighted by Crippen LogP contribution is -2.36. The Morgan fingerprint density at radius 1 is 1.76 bits per heavy atom. The van der Waals surface area contributed by atoms with Crippen molar-refractivity contribution in [1.82, 2.24) is 10.5 Å². The van der Waals surface area contributed by atoms with Crippen LogP contribution in [0.5, 0.6) is 0 Å². The summed E-state index contributed by atoms with van der Waals surface area (Å²) in [4.78, 5) is 10.6. The first-order valence-electron chi connectivity index (χ1n) is 5.70. The third kappa shape index (κ3) is 3.04. The fourth-order valence-electron chi connectivity index (χ4n) is 1.89. The number of hydrogen-bond acceptors (Lipinski definition) is 5. The molecule has 2 atom stereocenters. The van der Waals surface area contributed by atoms with E-state index in [9.17, 15) is 4.79 Å². The number of carbonyl (C=O) groups is 1. The number of ether oxygens (including phenoxy) is 1. The van der Waals surface area contributed by atoms with Crippen LogP contribution in [0.2, 0.25) is 0 Å². The molecule has 0 bridgehead atoms. The van der Waals surface area contributed by atoms with Crippen LogP contribution in [-0.4, -0.2) is 35.0 Å². The molecule has 94 valence electrons. The van der Waals surface area contributed by atoms with E-state index in [1.807, 2.05) is 6.92 Å². The van der Waals surface area contributed by atoms with Crippen molar-refractivity contribution in [1.29, 1.82) is 0 Å². The molecular weight excluding hydrogens is 224 g/mol. The van der Waals surface area contributed by atoms with Crippen molar-refractivity contribution in [2.45, 2.75) is 38.5 Å². The first kappa shape index (κ1) is 12.1. The summed E-state index contributed by atoms with van der Waals surface area (Å²) in [7, 11) is 0. The molecule has 0 radical (unpaired) electrons. The Morgan fingerprint density at radius 3 is 3.18 bits per heavy atom. The van der Waals surface area contributed by atoms with E-state index in [1.54, 1.807) is 0 Å². The van der Waals surface area contributed by atoms with Gasteiger partial charge in [-0.2, -0.15) is 0 Å².